The van der Waals surface area contributed by atoms with Crippen LogP contribution in [0.5, 0.6) is 0 Å². The van der Waals surface area contributed by atoms with E-state index >= 15 is 0 Å². The molecule has 1 atom stereocenters. The molecule has 0 N–H and O–H groups in total. The second kappa shape index (κ2) is 5.61. The van der Waals surface area contributed by atoms with E-state index in [1.54, 1.807) is 10.4 Å². The minimum absolute atomic E-state index is 0.467. The molecule has 0 spiro atoms. The quantitative estimate of drug-likeness (QED) is 0.815. The third kappa shape index (κ3) is 2.98. The Hall–Kier alpha value is 0.0900. The summed E-state index contributed by atoms with van der Waals surface area (Å²) in [6.45, 7) is 5.36. The molecule has 1 fully saturated rings. The van der Waals surface area contributed by atoms with Crippen molar-refractivity contribution in [1.82, 2.24) is 4.31 Å². The van der Waals surface area contributed by atoms with Gasteiger partial charge in [0, 0.05) is 18.0 Å². The van der Waals surface area contributed by atoms with Gasteiger partial charge in [0.2, 0.25) is 10.0 Å². The predicted octanol–water partition coefficient (Wildman–Crippen LogP) is 3.63. The molecular formula is C12H18BrNO2S2. The average Bonchev–Trinajstić information content (AvgIpc) is 2.49. The highest BCUT2D eigenvalue weighted by Gasteiger charge is 2.28. The van der Waals surface area contributed by atoms with Crippen LogP contribution in [0.2, 0.25) is 0 Å². The fourth-order valence-electron chi connectivity index (χ4n) is 2.30. The van der Waals surface area contributed by atoms with Crippen LogP contribution in [-0.2, 0) is 10.0 Å². The molecule has 6 heteroatoms. The average molecular weight is 352 g/mol. The first-order valence-corrected chi connectivity index (χ1v) is 9.22. The van der Waals surface area contributed by atoms with Crippen molar-refractivity contribution in [2.24, 2.45) is 5.92 Å². The van der Waals surface area contributed by atoms with Crippen LogP contribution in [0.4, 0.5) is 0 Å². The summed E-state index contributed by atoms with van der Waals surface area (Å²) in [5.41, 5.74) is 0. The van der Waals surface area contributed by atoms with Gasteiger partial charge in [0.25, 0.3) is 0 Å². The zero-order valence-corrected chi connectivity index (χ0v) is 13.9. The van der Waals surface area contributed by atoms with E-state index in [2.05, 4.69) is 22.9 Å². The molecule has 1 aromatic heterocycles. The SMILES string of the molecule is Cc1sc(Br)cc1S(=O)(=O)N1CCCC(C)CC1. The van der Waals surface area contributed by atoms with E-state index in [0.29, 0.717) is 23.9 Å². The summed E-state index contributed by atoms with van der Waals surface area (Å²) >= 11 is 4.84. The Labute approximate surface area is 121 Å². The van der Waals surface area contributed by atoms with Crippen molar-refractivity contribution in [3.63, 3.8) is 0 Å². The molecule has 0 saturated carbocycles. The van der Waals surface area contributed by atoms with E-state index in [-0.39, 0.29) is 0 Å². The van der Waals surface area contributed by atoms with Crippen LogP contribution in [-0.4, -0.2) is 25.8 Å². The van der Waals surface area contributed by atoms with Crippen molar-refractivity contribution < 1.29 is 8.42 Å². The van der Waals surface area contributed by atoms with Crippen LogP contribution in [0.1, 0.15) is 31.1 Å². The van der Waals surface area contributed by atoms with Gasteiger partial charge < -0.3 is 0 Å². The number of halogens is 1. The highest BCUT2D eigenvalue weighted by atomic mass is 79.9. The van der Waals surface area contributed by atoms with E-state index in [9.17, 15) is 8.42 Å². The first-order chi connectivity index (χ1) is 8.41. The van der Waals surface area contributed by atoms with Gasteiger partial charge in [0.1, 0.15) is 0 Å². The minimum Gasteiger partial charge on any atom is -0.207 e. The molecule has 2 rings (SSSR count). The van der Waals surface area contributed by atoms with Gasteiger partial charge >= 0.3 is 0 Å². The van der Waals surface area contributed by atoms with Crippen molar-refractivity contribution in [2.45, 2.75) is 38.0 Å². The van der Waals surface area contributed by atoms with Gasteiger partial charge in [-0.25, -0.2) is 8.42 Å². The summed E-state index contributed by atoms with van der Waals surface area (Å²) < 4.78 is 27.7. The van der Waals surface area contributed by atoms with Crippen LogP contribution < -0.4 is 0 Å². The topological polar surface area (TPSA) is 37.4 Å². The molecule has 0 aliphatic carbocycles. The molecule has 0 aromatic carbocycles. The highest BCUT2D eigenvalue weighted by Crippen LogP contribution is 2.32. The molecule has 0 bridgehead atoms. The summed E-state index contributed by atoms with van der Waals surface area (Å²) in [6.07, 6.45) is 3.05. The van der Waals surface area contributed by atoms with Gasteiger partial charge in [-0.15, -0.1) is 11.3 Å². The van der Waals surface area contributed by atoms with E-state index in [1.807, 2.05) is 6.92 Å². The maximum absolute atomic E-state index is 12.6. The van der Waals surface area contributed by atoms with Gasteiger partial charge in [-0.3, -0.25) is 0 Å². The molecule has 0 radical (unpaired) electrons. The van der Waals surface area contributed by atoms with Crippen LogP contribution >= 0.6 is 27.3 Å². The number of nitrogens with zero attached hydrogens (tertiary/aromatic N) is 1. The summed E-state index contributed by atoms with van der Waals surface area (Å²) in [7, 11) is -3.30. The Bertz CT molecular complexity index is 524. The molecule has 1 aromatic rings. The number of aryl methyl sites for hydroxylation is 1. The summed E-state index contributed by atoms with van der Waals surface area (Å²) in [4.78, 5) is 1.33. The molecule has 1 aliphatic heterocycles. The van der Waals surface area contributed by atoms with Crippen molar-refractivity contribution >= 4 is 37.3 Å². The number of sulfonamides is 1. The molecule has 18 heavy (non-hydrogen) atoms. The van der Waals surface area contributed by atoms with E-state index < -0.39 is 10.0 Å². The second-order valence-corrected chi connectivity index (χ2v) is 9.45. The van der Waals surface area contributed by atoms with Crippen molar-refractivity contribution in [3.05, 3.63) is 14.7 Å². The largest absolute Gasteiger partial charge is 0.244 e. The summed E-state index contributed by atoms with van der Waals surface area (Å²) in [5, 5.41) is 0. The van der Waals surface area contributed by atoms with Gasteiger partial charge in [-0.2, -0.15) is 4.31 Å². The Morgan fingerprint density at radius 3 is 2.72 bits per heavy atom. The lowest BCUT2D eigenvalue weighted by Gasteiger charge is -2.19. The molecule has 1 aliphatic rings. The fraction of sp³-hybridized carbons (Fsp3) is 0.667. The number of rotatable bonds is 2. The zero-order chi connectivity index (χ0) is 13.3. The van der Waals surface area contributed by atoms with Gasteiger partial charge in [0.15, 0.2) is 0 Å². The standard InChI is InChI=1S/C12H18BrNO2S2/c1-9-4-3-6-14(7-5-9)18(15,16)11-8-12(13)17-10(11)2/h8-9H,3-7H2,1-2H3. The molecule has 2 heterocycles. The van der Waals surface area contributed by atoms with Crippen molar-refractivity contribution in [1.29, 1.82) is 0 Å². The Kier molecular flexibility index (Phi) is 4.52. The minimum atomic E-state index is -3.30. The van der Waals surface area contributed by atoms with Gasteiger partial charge in [-0.05, 0) is 54.1 Å². The first-order valence-electron chi connectivity index (χ1n) is 6.17. The lowest BCUT2D eigenvalue weighted by Crippen LogP contribution is -2.32. The fourth-order valence-corrected chi connectivity index (χ4v) is 6.18. The van der Waals surface area contributed by atoms with Crippen molar-refractivity contribution in [3.8, 4) is 0 Å². The predicted molar refractivity (Wildman–Crippen MR) is 78.5 cm³/mol. The van der Waals surface area contributed by atoms with E-state index in [0.717, 1.165) is 27.9 Å². The van der Waals surface area contributed by atoms with Crippen LogP contribution in [0.25, 0.3) is 0 Å². The Balaban J connectivity index is 2.28. The summed E-state index contributed by atoms with van der Waals surface area (Å²) in [6, 6.07) is 1.73. The van der Waals surface area contributed by atoms with Gasteiger partial charge in [-0.1, -0.05) is 6.92 Å². The molecule has 102 valence electrons. The Morgan fingerprint density at radius 1 is 1.39 bits per heavy atom. The second-order valence-electron chi connectivity index (χ2n) is 4.91. The molecule has 0 amide bonds. The maximum Gasteiger partial charge on any atom is 0.244 e. The van der Waals surface area contributed by atoms with Gasteiger partial charge in [0.05, 0.1) is 8.68 Å². The molecule has 1 unspecified atom stereocenters. The lowest BCUT2D eigenvalue weighted by atomic mass is 10.0. The third-order valence-corrected chi connectivity index (χ3v) is 7.14. The summed E-state index contributed by atoms with van der Waals surface area (Å²) in [5.74, 6) is 0.625. The van der Waals surface area contributed by atoms with E-state index in [1.165, 1.54) is 11.3 Å². The smallest absolute Gasteiger partial charge is 0.207 e. The van der Waals surface area contributed by atoms with Crippen LogP contribution in [0, 0.1) is 12.8 Å². The zero-order valence-electron chi connectivity index (χ0n) is 10.6. The number of hydrogen-bond donors (Lipinski definition) is 0. The van der Waals surface area contributed by atoms with Crippen molar-refractivity contribution in [2.75, 3.05) is 13.1 Å². The molecule has 3 nitrogen and oxygen atoms in total. The highest BCUT2D eigenvalue weighted by molar-refractivity contribution is 9.11. The van der Waals surface area contributed by atoms with E-state index in [4.69, 9.17) is 0 Å². The number of thiophene rings is 1. The number of hydrogen-bond acceptors (Lipinski definition) is 3. The lowest BCUT2D eigenvalue weighted by molar-refractivity contribution is 0.416. The van der Waals surface area contributed by atoms with Crippen LogP contribution in [0.3, 0.4) is 0 Å². The van der Waals surface area contributed by atoms with Crippen LogP contribution in [0.15, 0.2) is 14.7 Å². The first kappa shape index (κ1) is 14.5. The Morgan fingerprint density at radius 2 is 2.11 bits per heavy atom. The molecular weight excluding hydrogens is 334 g/mol. The molecule has 1 saturated heterocycles. The third-order valence-electron chi connectivity index (χ3n) is 3.44. The monoisotopic (exact) mass is 351 g/mol. The maximum atomic E-state index is 12.6. The normalized spacial score (nSPS) is 22.9.